The quantitative estimate of drug-likeness (QED) is 0.640. The molecule has 1 aromatic carbocycles. The Balaban J connectivity index is 1.31. The summed E-state index contributed by atoms with van der Waals surface area (Å²) in [5.74, 6) is -1.11. The fraction of sp³-hybridized carbons (Fsp3) is 0.333. The number of hydrogen-bond donors (Lipinski definition) is 1. The van der Waals surface area contributed by atoms with E-state index in [0.717, 1.165) is 17.7 Å². The van der Waals surface area contributed by atoms with E-state index in [1.807, 2.05) is 47.9 Å². The molecule has 1 aromatic heterocycles. The van der Waals surface area contributed by atoms with Crippen molar-refractivity contribution in [2.24, 2.45) is 23.7 Å². The van der Waals surface area contributed by atoms with Gasteiger partial charge in [0, 0.05) is 10.9 Å². The van der Waals surface area contributed by atoms with Crippen LogP contribution < -0.4 is 5.32 Å². The number of rotatable bonds is 4. The van der Waals surface area contributed by atoms with Crippen molar-refractivity contribution >= 4 is 34.2 Å². The minimum atomic E-state index is -0.853. The number of fused-ring (bicyclic) bond motifs is 5. The first kappa shape index (κ1) is 17.3. The van der Waals surface area contributed by atoms with Crippen LogP contribution in [0.3, 0.4) is 0 Å². The van der Waals surface area contributed by atoms with E-state index in [1.165, 1.54) is 16.2 Å². The number of amides is 3. The van der Waals surface area contributed by atoms with Gasteiger partial charge in [0.25, 0.3) is 0 Å². The van der Waals surface area contributed by atoms with Crippen molar-refractivity contribution in [3.63, 3.8) is 0 Å². The highest BCUT2D eigenvalue weighted by molar-refractivity contribution is 7.14. The lowest BCUT2D eigenvalue weighted by Crippen LogP contribution is -2.46. The number of benzene rings is 1. The lowest BCUT2D eigenvalue weighted by molar-refractivity contribution is -0.146. The third kappa shape index (κ3) is 2.53. The lowest BCUT2D eigenvalue weighted by Gasteiger charge is -2.23. The number of imide groups is 1. The number of likely N-dealkylation sites (tertiary alicyclic amines) is 1. The van der Waals surface area contributed by atoms with Gasteiger partial charge in [0.1, 0.15) is 6.04 Å². The Morgan fingerprint density at radius 3 is 2.43 bits per heavy atom. The summed E-state index contributed by atoms with van der Waals surface area (Å²) in [5.41, 5.74) is 1.74. The van der Waals surface area contributed by atoms with Gasteiger partial charge in [-0.05, 0) is 25.2 Å². The Hall–Kier alpha value is -2.80. The summed E-state index contributed by atoms with van der Waals surface area (Å²) in [7, 11) is 0. The molecule has 142 valence electrons. The van der Waals surface area contributed by atoms with Crippen molar-refractivity contribution in [2.75, 3.05) is 5.32 Å². The second-order valence-corrected chi connectivity index (χ2v) is 8.47. The van der Waals surface area contributed by atoms with E-state index in [0.29, 0.717) is 5.13 Å². The van der Waals surface area contributed by atoms with Crippen molar-refractivity contribution < 1.29 is 14.4 Å². The van der Waals surface area contributed by atoms with Crippen LogP contribution in [0.15, 0.2) is 47.9 Å². The number of nitrogens with zero attached hydrogens (tertiary/aromatic N) is 2. The molecule has 5 rings (SSSR count). The summed E-state index contributed by atoms with van der Waals surface area (Å²) in [5, 5.41) is 5.09. The summed E-state index contributed by atoms with van der Waals surface area (Å²) in [6, 6.07) is 8.84. The van der Waals surface area contributed by atoms with Crippen LogP contribution in [0.1, 0.15) is 13.3 Å². The van der Waals surface area contributed by atoms with Crippen LogP contribution in [0.4, 0.5) is 5.13 Å². The summed E-state index contributed by atoms with van der Waals surface area (Å²) in [4.78, 5) is 44.1. The standard InChI is InChI=1S/C21H19N3O3S/c1-11(24-19(26)16-13-7-8-14(9-13)17(16)20(24)27)18(25)23-21-22-15(10-28-21)12-5-3-2-4-6-12/h2-8,10-11,13-14,16-17H,9H2,1H3,(H,22,23,25)/t11-,13+,14+,16-,17-/m1/s1. The molecule has 7 heteroatoms. The van der Waals surface area contributed by atoms with Crippen LogP contribution >= 0.6 is 11.3 Å². The lowest BCUT2D eigenvalue weighted by atomic mass is 9.85. The maximum absolute atomic E-state index is 12.9. The molecule has 3 amide bonds. The molecule has 1 saturated carbocycles. The predicted molar refractivity (Wildman–Crippen MR) is 105 cm³/mol. The van der Waals surface area contributed by atoms with Crippen molar-refractivity contribution in [3.8, 4) is 11.3 Å². The number of anilines is 1. The second kappa shape index (κ2) is 6.38. The number of carbonyl (C=O) groups excluding carboxylic acids is 3. The van der Waals surface area contributed by atoms with Crippen molar-refractivity contribution in [1.82, 2.24) is 9.88 Å². The SMILES string of the molecule is C[C@H](C(=O)Nc1nc(-c2ccccc2)cs1)N1C(=O)[C@H]2[C@H](C1=O)[C@H]1C=C[C@H]2C1. The minimum Gasteiger partial charge on any atom is -0.300 e. The number of carbonyl (C=O) groups is 3. The first-order valence-electron chi connectivity index (χ1n) is 9.41. The zero-order valence-corrected chi connectivity index (χ0v) is 16.1. The average molecular weight is 393 g/mol. The fourth-order valence-electron chi connectivity index (χ4n) is 4.71. The molecule has 2 heterocycles. The van der Waals surface area contributed by atoms with Gasteiger partial charge in [0.2, 0.25) is 17.7 Å². The maximum Gasteiger partial charge on any atom is 0.249 e. The number of nitrogens with one attached hydrogen (secondary N) is 1. The fourth-order valence-corrected chi connectivity index (χ4v) is 5.43. The molecule has 0 spiro atoms. The Morgan fingerprint density at radius 1 is 1.14 bits per heavy atom. The molecule has 5 atom stereocenters. The normalized spacial score (nSPS) is 28.7. The molecule has 1 N–H and O–H groups in total. The van der Waals surface area contributed by atoms with Gasteiger partial charge < -0.3 is 5.32 Å². The molecule has 2 aromatic rings. The summed E-state index contributed by atoms with van der Waals surface area (Å²) >= 11 is 1.32. The Kier molecular flexibility index (Phi) is 3.94. The first-order valence-corrected chi connectivity index (χ1v) is 10.3. The first-order chi connectivity index (χ1) is 13.5. The average Bonchev–Trinajstić information content (AvgIpc) is 3.47. The topological polar surface area (TPSA) is 79.4 Å². The van der Waals surface area contributed by atoms with Crippen LogP contribution in [0.2, 0.25) is 0 Å². The van der Waals surface area contributed by atoms with E-state index in [9.17, 15) is 14.4 Å². The minimum absolute atomic E-state index is 0.138. The van der Waals surface area contributed by atoms with Gasteiger partial charge in [-0.1, -0.05) is 42.5 Å². The Morgan fingerprint density at radius 2 is 1.79 bits per heavy atom. The van der Waals surface area contributed by atoms with Gasteiger partial charge in [0.05, 0.1) is 17.5 Å². The molecule has 2 aliphatic carbocycles. The second-order valence-electron chi connectivity index (χ2n) is 7.62. The van der Waals surface area contributed by atoms with E-state index in [-0.39, 0.29) is 35.5 Å². The Labute approximate surface area is 166 Å². The van der Waals surface area contributed by atoms with Crippen LogP contribution in [-0.2, 0) is 14.4 Å². The molecule has 0 radical (unpaired) electrons. The van der Waals surface area contributed by atoms with Crippen LogP contribution in [-0.4, -0.2) is 33.6 Å². The van der Waals surface area contributed by atoms with Gasteiger partial charge in [-0.25, -0.2) is 4.98 Å². The molecule has 0 unspecified atom stereocenters. The van der Waals surface area contributed by atoms with Crippen LogP contribution in [0, 0.1) is 23.7 Å². The van der Waals surface area contributed by atoms with Gasteiger partial charge >= 0.3 is 0 Å². The monoisotopic (exact) mass is 393 g/mol. The van der Waals surface area contributed by atoms with Gasteiger partial charge in [-0.3, -0.25) is 19.3 Å². The maximum atomic E-state index is 12.9. The smallest absolute Gasteiger partial charge is 0.249 e. The van der Waals surface area contributed by atoms with E-state index in [2.05, 4.69) is 10.3 Å². The van der Waals surface area contributed by atoms with Crippen molar-refractivity contribution in [1.29, 1.82) is 0 Å². The van der Waals surface area contributed by atoms with Gasteiger partial charge in [-0.2, -0.15) is 0 Å². The van der Waals surface area contributed by atoms with Crippen LogP contribution in [0.25, 0.3) is 11.3 Å². The van der Waals surface area contributed by atoms with E-state index in [1.54, 1.807) is 6.92 Å². The van der Waals surface area contributed by atoms with Gasteiger partial charge in [-0.15, -0.1) is 11.3 Å². The van der Waals surface area contributed by atoms with Gasteiger partial charge in [0.15, 0.2) is 5.13 Å². The third-order valence-electron chi connectivity index (χ3n) is 6.08. The summed E-state index contributed by atoms with van der Waals surface area (Å²) in [6.07, 6.45) is 4.97. The van der Waals surface area contributed by atoms with Crippen molar-refractivity contribution in [3.05, 3.63) is 47.9 Å². The van der Waals surface area contributed by atoms with E-state index >= 15 is 0 Å². The molecule has 1 aliphatic heterocycles. The highest BCUT2D eigenvalue weighted by Crippen LogP contribution is 2.52. The molecule has 6 nitrogen and oxygen atoms in total. The number of hydrogen-bond acceptors (Lipinski definition) is 5. The largest absolute Gasteiger partial charge is 0.300 e. The van der Waals surface area contributed by atoms with E-state index in [4.69, 9.17) is 0 Å². The highest BCUT2D eigenvalue weighted by atomic mass is 32.1. The zero-order valence-electron chi connectivity index (χ0n) is 15.2. The summed E-state index contributed by atoms with van der Waals surface area (Å²) in [6.45, 7) is 1.60. The highest BCUT2D eigenvalue weighted by Gasteiger charge is 2.60. The predicted octanol–water partition coefficient (Wildman–Crippen LogP) is 2.94. The molecule has 1 saturated heterocycles. The molecular formula is C21H19N3O3S. The van der Waals surface area contributed by atoms with Crippen LogP contribution in [0.5, 0.6) is 0 Å². The Bertz CT molecular complexity index is 969. The number of allylic oxidation sites excluding steroid dienone is 2. The molecule has 2 bridgehead atoms. The van der Waals surface area contributed by atoms with E-state index < -0.39 is 11.9 Å². The molecule has 28 heavy (non-hydrogen) atoms. The van der Waals surface area contributed by atoms with Crippen molar-refractivity contribution in [2.45, 2.75) is 19.4 Å². The molecule has 3 aliphatic rings. The number of thiazole rings is 1. The molecular weight excluding hydrogens is 374 g/mol. The molecule has 2 fully saturated rings. The third-order valence-corrected chi connectivity index (χ3v) is 6.83. The zero-order chi connectivity index (χ0) is 19.4. The summed E-state index contributed by atoms with van der Waals surface area (Å²) < 4.78 is 0. The number of aromatic nitrogens is 1.